The molecule has 1 aromatic rings. The van der Waals surface area contributed by atoms with Crippen molar-refractivity contribution in [1.29, 1.82) is 0 Å². The van der Waals surface area contributed by atoms with E-state index in [1.807, 2.05) is 6.92 Å². The molecule has 0 fully saturated rings. The predicted molar refractivity (Wildman–Crippen MR) is 59.2 cm³/mol. The summed E-state index contributed by atoms with van der Waals surface area (Å²) in [5.41, 5.74) is 5.44. The first kappa shape index (κ1) is 11.0. The molecule has 16 heavy (non-hydrogen) atoms. The van der Waals surface area contributed by atoms with E-state index in [0.717, 1.165) is 25.3 Å². The van der Waals surface area contributed by atoms with Crippen LogP contribution < -0.4 is 5.73 Å². The molecule has 0 saturated carbocycles. The fourth-order valence-electron chi connectivity index (χ4n) is 2.16. The largest absolute Gasteiger partial charge is 0.387 e. The average Bonchev–Trinajstić information content (AvgIpc) is 2.16. The van der Waals surface area contributed by atoms with Crippen molar-refractivity contribution in [3.63, 3.8) is 0 Å². The summed E-state index contributed by atoms with van der Waals surface area (Å²) in [7, 11) is 0. The number of nitrogens with zero attached hydrogens (tertiary/aromatic N) is 1. The Morgan fingerprint density at radius 3 is 2.75 bits per heavy atom. The Kier molecular flexibility index (Phi) is 2.66. The number of rotatable bonds is 1. The van der Waals surface area contributed by atoms with E-state index in [9.17, 15) is 8.78 Å². The van der Waals surface area contributed by atoms with Crippen LogP contribution in [-0.2, 0) is 5.54 Å². The van der Waals surface area contributed by atoms with Crippen molar-refractivity contribution < 1.29 is 8.78 Å². The fourth-order valence-corrected chi connectivity index (χ4v) is 2.16. The third-order valence-corrected chi connectivity index (χ3v) is 3.00. The highest BCUT2D eigenvalue weighted by Gasteiger charge is 2.31. The summed E-state index contributed by atoms with van der Waals surface area (Å²) in [6, 6.07) is 3.59. The van der Waals surface area contributed by atoms with Gasteiger partial charge in [0.1, 0.15) is 11.6 Å². The number of benzene rings is 1. The second-order valence-corrected chi connectivity index (χ2v) is 4.35. The third-order valence-electron chi connectivity index (χ3n) is 3.00. The topological polar surface area (TPSA) is 38.4 Å². The van der Waals surface area contributed by atoms with Crippen molar-refractivity contribution >= 4 is 5.84 Å². The first-order valence-electron chi connectivity index (χ1n) is 5.31. The highest BCUT2D eigenvalue weighted by molar-refractivity contribution is 5.81. The van der Waals surface area contributed by atoms with Crippen LogP contribution in [0.25, 0.3) is 0 Å². The van der Waals surface area contributed by atoms with Crippen LogP contribution in [0.3, 0.4) is 0 Å². The molecular weight excluding hydrogens is 210 g/mol. The van der Waals surface area contributed by atoms with Crippen LogP contribution >= 0.6 is 0 Å². The van der Waals surface area contributed by atoms with Crippen LogP contribution in [0, 0.1) is 11.6 Å². The first-order chi connectivity index (χ1) is 7.51. The van der Waals surface area contributed by atoms with E-state index in [1.54, 1.807) is 0 Å². The Balaban J connectivity index is 2.46. The maximum atomic E-state index is 13.7. The normalized spacial score (nSPS) is 25.3. The van der Waals surface area contributed by atoms with E-state index >= 15 is 0 Å². The molecule has 0 saturated heterocycles. The molecular formula is C12H14F2N2. The number of hydrogen-bond donors (Lipinski definition) is 1. The molecule has 4 heteroatoms. The number of nitrogens with two attached hydrogens (primary N) is 1. The predicted octanol–water partition coefficient (Wildman–Crippen LogP) is 2.72. The molecule has 0 aliphatic carbocycles. The van der Waals surface area contributed by atoms with Crippen molar-refractivity contribution in [2.75, 3.05) is 0 Å². The number of aliphatic imine (C=N–C) groups is 1. The number of halogens is 2. The van der Waals surface area contributed by atoms with Crippen LogP contribution in [0.2, 0.25) is 0 Å². The van der Waals surface area contributed by atoms with Crippen LogP contribution in [0.5, 0.6) is 0 Å². The summed E-state index contributed by atoms with van der Waals surface area (Å²) in [5, 5.41) is 0. The minimum absolute atomic E-state index is 0.413. The smallest absolute Gasteiger partial charge is 0.131 e. The second-order valence-electron chi connectivity index (χ2n) is 4.35. The lowest BCUT2D eigenvalue weighted by molar-refractivity contribution is 0.402. The summed E-state index contributed by atoms with van der Waals surface area (Å²) in [6.07, 6.45) is 2.36. The van der Waals surface area contributed by atoms with E-state index < -0.39 is 17.2 Å². The van der Waals surface area contributed by atoms with Gasteiger partial charge in [0.15, 0.2) is 0 Å². The summed E-state index contributed by atoms with van der Waals surface area (Å²) in [5.74, 6) is -0.587. The quantitative estimate of drug-likeness (QED) is 0.782. The minimum atomic E-state index is -0.653. The van der Waals surface area contributed by atoms with Crippen LogP contribution in [0.1, 0.15) is 31.7 Å². The van der Waals surface area contributed by atoms with E-state index in [1.165, 1.54) is 12.1 Å². The van der Waals surface area contributed by atoms with Crippen LogP contribution in [0.4, 0.5) is 8.78 Å². The van der Waals surface area contributed by atoms with Gasteiger partial charge >= 0.3 is 0 Å². The van der Waals surface area contributed by atoms with Gasteiger partial charge in [-0.1, -0.05) is 6.07 Å². The van der Waals surface area contributed by atoms with Crippen molar-refractivity contribution in [3.8, 4) is 0 Å². The average molecular weight is 224 g/mol. The Morgan fingerprint density at radius 1 is 1.38 bits per heavy atom. The van der Waals surface area contributed by atoms with Gasteiger partial charge in [0.05, 0.1) is 11.4 Å². The number of amidine groups is 1. The summed E-state index contributed by atoms with van der Waals surface area (Å²) < 4.78 is 26.5. The molecule has 0 spiro atoms. The first-order valence-corrected chi connectivity index (χ1v) is 5.31. The van der Waals surface area contributed by atoms with Gasteiger partial charge in [-0.3, -0.25) is 4.99 Å². The van der Waals surface area contributed by atoms with Gasteiger partial charge in [0.25, 0.3) is 0 Å². The van der Waals surface area contributed by atoms with Crippen molar-refractivity contribution in [2.24, 2.45) is 10.7 Å². The molecule has 0 unspecified atom stereocenters. The Hall–Kier alpha value is -1.45. The molecule has 1 aliphatic heterocycles. The summed E-state index contributed by atoms with van der Waals surface area (Å²) >= 11 is 0. The molecule has 0 aromatic heterocycles. The highest BCUT2D eigenvalue weighted by atomic mass is 19.1. The molecule has 0 amide bonds. The van der Waals surface area contributed by atoms with E-state index in [2.05, 4.69) is 4.99 Å². The molecule has 1 aromatic carbocycles. The maximum Gasteiger partial charge on any atom is 0.131 e. The Bertz CT molecular complexity index is 443. The van der Waals surface area contributed by atoms with Gasteiger partial charge in [-0.15, -0.1) is 0 Å². The van der Waals surface area contributed by atoms with E-state index in [-0.39, 0.29) is 0 Å². The van der Waals surface area contributed by atoms with Crippen LogP contribution in [0.15, 0.2) is 23.2 Å². The van der Waals surface area contributed by atoms with Gasteiger partial charge in [-0.25, -0.2) is 8.78 Å². The number of hydrogen-bond acceptors (Lipinski definition) is 2. The molecule has 1 aliphatic rings. The van der Waals surface area contributed by atoms with Gasteiger partial charge < -0.3 is 5.73 Å². The summed E-state index contributed by atoms with van der Waals surface area (Å²) in [6.45, 7) is 1.83. The molecule has 2 N–H and O–H groups in total. The third kappa shape index (κ3) is 1.92. The zero-order chi connectivity index (χ0) is 11.8. The maximum absolute atomic E-state index is 13.7. The molecule has 0 radical (unpaired) electrons. The molecule has 1 atom stereocenters. The molecule has 1 heterocycles. The minimum Gasteiger partial charge on any atom is -0.387 e. The van der Waals surface area contributed by atoms with Gasteiger partial charge in [0, 0.05) is 18.1 Å². The monoisotopic (exact) mass is 224 g/mol. The molecule has 2 nitrogen and oxygen atoms in total. The SMILES string of the molecule is C[C@]1(c2ccc(F)cc2F)CCCC(N)=N1. The van der Waals surface area contributed by atoms with Crippen molar-refractivity contribution in [1.82, 2.24) is 0 Å². The second kappa shape index (κ2) is 3.85. The zero-order valence-corrected chi connectivity index (χ0v) is 9.13. The summed E-state index contributed by atoms with van der Waals surface area (Å²) in [4.78, 5) is 4.31. The lowest BCUT2D eigenvalue weighted by Gasteiger charge is -2.30. The Labute approximate surface area is 93.2 Å². The lowest BCUT2D eigenvalue weighted by Crippen LogP contribution is -2.30. The van der Waals surface area contributed by atoms with Crippen molar-refractivity contribution in [3.05, 3.63) is 35.4 Å². The van der Waals surface area contributed by atoms with Gasteiger partial charge in [-0.2, -0.15) is 0 Å². The lowest BCUT2D eigenvalue weighted by atomic mass is 9.85. The van der Waals surface area contributed by atoms with Crippen LogP contribution in [-0.4, -0.2) is 5.84 Å². The highest BCUT2D eigenvalue weighted by Crippen LogP contribution is 2.35. The molecule has 86 valence electrons. The zero-order valence-electron chi connectivity index (χ0n) is 9.13. The van der Waals surface area contributed by atoms with Crippen molar-refractivity contribution in [2.45, 2.75) is 31.7 Å². The van der Waals surface area contributed by atoms with Gasteiger partial charge in [-0.05, 0) is 25.8 Å². The Morgan fingerprint density at radius 2 is 2.12 bits per heavy atom. The fraction of sp³-hybridized carbons (Fsp3) is 0.417. The molecule has 0 bridgehead atoms. The van der Waals surface area contributed by atoms with Gasteiger partial charge in [0.2, 0.25) is 0 Å². The molecule has 2 rings (SSSR count). The van der Waals surface area contributed by atoms with E-state index in [4.69, 9.17) is 5.73 Å². The van der Waals surface area contributed by atoms with E-state index in [0.29, 0.717) is 11.4 Å². The standard InChI is InChI=1S/C12H14F2N2/c1-12(6-2-3-11(15)16-12)9-5-4-8(13)7-10(9)14/h4-5,7H,2-3,6H2,1H3,(H2,15,16)/t12-/m1/s1.